The number of halogens is 3. The summed E-state index contributed by atoms with van der Waals surface area (Å²) in [5, 5.41) is 7.28. The summed E-state index contributed by atoms with van der Waals surface area (Å²) < 4.78 is 37.8. The number of piperazine rings is 1. The van der Waals surface area contributed by atoms with Crippen molar-refractivity contribution >= 4 is 28.3 Å². The minimum Gasteiger partial charge on any atom is -0.340 e. The molecule has 3 aromatic rings. The average Bonchev–Trinajstić information content (AvgIpc) is 3.45. The van der Waals surface area contributed by atoms with Crippen molar-refractivity contribution in [1.29, 1.82) is 0 Å². The van der Waals surface area contributed by atoms with Crippen LogP contribution in [0.4, 0.5) is 18.3 Å². The lowest BCUT2D eigenvalue weighted by Gasteiger charge is -2.38. The summed E-state index contributed by atoms with van der Waals surface area (Å²) in [5.74, 6) is -0.721. The Bertz CT molecular complexity index is 1210. The highest BCUT2D eigenvalue weighted by atomic mass is 32.1. The number of hydrogen-bond donors (Lipinski definition) is 1. The first-order chi connectivity index (χ1) is 16.8. The largest absolute Gasteiger partial charge is 0.445 e. The summed E-state index contributed by atoms with van der Waals surface area (Å²) in [5.41, 5.74) is 5.04. The number of carbonyl (C=O) groups is 2. The van der Waals surface area contributed by atoms with Gasteiger partial charge in [-0.25, -0.2) is 0 Å². The molecule has 35 heavy (non-hydrogen) atoms. The van der Waals surface area contributed by atoms with Crippen molar-refractivity contribution in [2.45, 2.75) is 25.1 Å². The fourth-order valence-electron chi connectivity index (χ4n) is 4.70. The Morgan fingerprint density at radius 2 is 1.51 bits per heavy atom. The van der Waals surface area contributed by atoms with Crippen LogP contribution in [0.1, 0.15) is 35.0 Å². The lowest BCUT2D eigenvalue weighted by molar-refractivity contribution is -0.138. The van der Waals surface area contributed by atoms with Gasteiger partial charge >= 0.3 is 6.18 Å². The molecule has 0 spiro atoms. The maximum Gasteiger partial charge on any atom is 0.445 e. The van der Waals surface area contributed by atoms with Gasteiger partial charge in [0.1, 0.15) is 0 Å². The number of fused-ring (bicyclic) bond motifs is 3. The Morgan fingerprint density at radius 1 is 0.914 bits per heavy atom. The number of nitrogens with one attached hydrogen (secondary N) is 1. The Hall–Kier alpha value is -3.31. The van der Waals surface area contributed by atoms with E-state index in [1.165, 1.54) is 22.3 Å². The number of benzene rings is 2. The van der Waals surface area contributed by atoms with Crippen molar-refractivity contribution in [3.05, 3.63) is 64.7 Å². The van der Waals surface area contributed by atoms with Gasteiger partial charge in [0.2, 0.25) is 22.0 Å². The van der Waals surface area contributed by atoms with Gasteiger partial charge < -0.3 is 10.2 Å². The van der Waals surface area contributed by atoms with Crippen LogP contribution in [0.2, 0.25) is 0 Å². The fraction of sp³-hybridized carbons (Fsp3) is 0.333. The monoisotopic (exact) mass is 501 g/mol. The van der Waals surface area contributed by atoms with E-state index in [1.54, 1.807) is 4.90 Å². The molecular formula is C24H22F3N5O2S. The van der Waals surface area contributed by atoms with E-state index in [1.807, 2.05) is 24.3 Å². The van der Waals surface area contributed by atoms with Crippen molar-refractivity contribution in [2.75, 3.05) is 31.5 Å². The van der Waals surface area contributed by atoms with Gasteiger partial charge in [-0.05, 0) is 22.3 Å². The lowest BCUT2D eigenvalue weighted by atomic mass is 10.0. The number of aromatic nitrogens is 2. The van der Waals surface area contributed by atoms with Crippen molar-refractivity contribution in [3.63, 3.8) is 0 Å². The second-order valence-electron chi connectivity index (χ2n) is 8.45. The maximum absolute atomic E-state index is 12.7. The van der Waals surface area contributed by atoms with Crippen LogP contribution in [-0.2, 0) is 15.8 Å². The van der Waals surface area contributed by atoms with Crippen LogP contribution in [0.3, 0.4) is 0 Å². The number of anilines is 1. The maximum atomic E-state index is 12.7. The highest BCUT2D eigenvalue weighted by Crippen LogP contribution is 2.46. The molecule has 1 aromatic heterocycles. The molecule has 0 bridgehead atoms. The van der Waals surface area contributed by atoms with Gasteiger partial charge in [0.05, 0.1) is 6.04 Å². The van der Waals surface area contributed by atoms with Crippen LogP contribution in [0.25, 0.3) is 11.1 Å². The van der Waals surface area contributed by atoms with Gasteiger partial charge in [-0.15, -0.1) is 10.2 Å². The molecule has 1 fully saturated rings. The molecule has 0 atom stereocenters. The third-order valence-corrected chi connectivity index (χ3v) is 7.20. The summed E-state index contributed by atoms with van der Waals surface area (Å²) in [4.78, 5) is 28.9. The first-order valence-electron chi connectivity index (χ1n) is 11.2. The molecule has 2 heterocycles. The van der Waals surface area contributed by atoms with E-state index in [4.69, 9.17) is 0 Å². The third-order valence-electron chi connectivity index (χ3n) is 6.31. The van der Waals surface area contributed by atoms with E-state index in [-0.39, 0.29) is 41.3 Å². The molecular weight excluding hydrogens is 479 g/mol. The van der Waals surface area contributed by atoms with Crippen LogP contribution in [0.15, 0.2) is 48.5 Å². The number of amides is 2. The Morgan fingerprint density at radius 3 is 2.09 bits per heavy atom. The molecule has 11 heteroatoms. The quantitative estimate of drug-likeness (QED) is 0.567. The smallest absolute Gasteiger partial charge is 0.340 e. The molecule has 1 N–H and O–H groups in total. The van der Waals surface area contributed by atoms with Crippen LogP contribution in [0, 0.1) is 0 Å². The Kier molecular flexibility index (Phi) is 6.28. The van der Waals surface area contributed by atoms with E-state index in [9.17, 15) is 22.8 Å². The minimum absolute atomic E-state index is 0.0220. The first kappa shape index (κ1) is 23.4. The Balaban J connectivity index is 1.14. The molecule has 1 saturated heterocycles. The molecule has 2 aromatic carbocycles. The van der Waals surface area contributed by atoms with Crippen LogP contribution < -0.4 is 5.32 Å². The molecule has 0 saturated carbocycles. The molecule has 7 nitrogen and oxygen atoms in total. The molecule has 182 valence electrons. The van der Waals surface area contributed by atoms with Crippen LogP contribution in [0.5, 0.6) is 0 Å². The second kappa shape index (κ2) is 9.38. The van der Waals surface area contributed by atoms with E-state index in [2.05, 4.69) is 44.7 Å². The van der Waals surface area contributed by atoms with Gasteiger partial charge in [0, 0.05) is 39.0 Å². The molecule has 0 radical (unpaired) electrons. The molecule has 5 rings (SSSR count). The SMILES string of the molecule is O=C(CCC(=O)N1CCN(C2c3ccccc3-c3ccccc32)CC1)Nc1nnc(C(F)(F)F)s1. The van der Waals surface area contributed by atoms with Crippen LogP contribution >= 0.6 is 11.3 Å². The highest BCUT2D eigenvalue weighted by molar-refractivity contribution is 7.15. The standard InChI is InChI=1S/C24H22F3N5O2S/c25-24(26,27)22-29-30-23(35-22)28-19(33)9-10-20(34)31-11-13-32(14-12-31)21-17-7-3-1-5-15(17)16-6-2-4-8-18(16)21/h1-8,21H,9-14H2,(H,28,30,33). The molecule has 1 aliphatic carbocycles. The Labute approximate surface area is 203 Å². The van der Waals surface area contributed by atoms with Gasteiger partial charge in [-0.2, -0.15) is 13.2 Å². The third kappa shape index (κ3) is 4.78. The fourth-order valence-corrected chi connectivity index (χ4v) is 5.33. The summed E-state index contributed by atoms with van der Waals surface area (Å²) in [6.45, 7) is 2.51. The zero-order valence-corrected chi connectivity index (χ0v) is 19.4. The predicted molar refractivity (Wildman–Crippen MR) is 125 cm³/mol. The topological polar surface area (TPSA) is 78.4 Å². The van der Waals surface area contributed by atoms with E-state index in [0.29, 0.717) is 26.2 Å². The molecule has 2 amide bonds. The number of alkyl halides is 3. The van der Waals surface area contributed by atoms with Crippen molar-refractivity contribution < 1.29 is 22.8 Å². The van der Waals surface area contributed by atoms with Gasteiger partial charge in [-0.1, -0.05) is 59.9 Å². The average molecular weight is 502 g/mol. The zero-order chi connectivity index (χ0) is 24.6. The van der Waals surface area contributed by atoms with Gasteiger partial charge in [-0.3, -0.25) is 14.5 Å². The van der Waals surface area contributed by atoms with Crippen molar-refractivity contribution in [3.8, 4) is 11.1 Å². The number of carbonyl (C=O) groups excluding carboxylic acids is 2. The summed E-state index contributed by atoms with van der Waals surface area (Å²) >= 11 is 0.253. The van der Waals surface area contributed by atoms with Gasteiger partial charge in [0.15, 0.2) is 0 Å². The van der Waals surface area contributed by atoms with E-state index >= 15 is 0 Å². The van der Waals surface area contributed by atoms with E-state index in [0.717, 1.165) is 0 Å². The van der Waals surface area contributed by atoms with Crippen molar-refractivity contribution in [1.82, 2.24) is 20.0 Å². The summed E-state index contributed by atoms with van der Waals surface area (Å²) in [6, 6.07) is 16.9. The summed E-state index contributed by atoms with van der Waals surface area (Å²) in [6.07, 6.45) is -4.77. The normalized spacial score (nSPS) is 16.1. The molecule has 1 aliphatic heterocycles. The van der Waals surface area contributed by atoms with Crippen molar-refractivity contribution in [2.24, 2.45) is 0 Å². The second-order valence-corrected chi connectivity index (χ2v) is 9.43. The van der Waals surface area contributed by atoms with Crippen LogP contribution in [-0.4, -0.2) is 58.0 Å². The lowest BCUT2D eigenvalue weighted by Crippen LogP contribution is -2.49. The molecule has 0 unspecified atom stereocenters. The predicted octanol–water partition coefficient (Wildman–Crippen LogP) is 4.19. The summed E-state index contributed by atoms with van der Waals surface area (Å²) in [7, 11) is 0. The highest BCUT2D eigenvalue weighted by Gasteiger charge is 2.36. The first-order valence-corrected chi connectivity index (χ1v) is 12.0. The van der Waals surface area contributed by atoms with Gasteiger partial charge in [0.25, 0.3) is 0 Å². The number of rotatable bonds is 5. The number of nitrogens with zero attached hydrogens (tertiary/aromatic N) is 4. The molecule has 2 aliphatic rings. The number of hydrogen-bond acceptors (Lipinski definition) is 6. The minimum atomic E-state index is -4.61. The van der Waals surface area contributed by atoms with E-state index < -0.39 is 17.1 Å². The zero-order valence-electron chi connectivity index (χ0n) is 18.6.